The van der Waals surface area contributed by atoms with Gasteiger partial charge in [-0.1, -0.05) is 18.1 Å². The van der Waals surface area contributed by atoms with Crippen LogP contribution in [-0.2, 0) is 6.18 Å². The normalized spacial score (nSPS) is 25.9. The van der Waals surface area contributed by atoms with Crippen LogP contribution in [0.1, 0.15) is 43.2 Å². The lowest BCUT2D eigenvalue weighted by Gasteiger charge is -2.34. The Morgan fingerprint density at radius 2 is 1.85 bits per heavy atom. The molecule has 244 valence electrons. The summed E-state index contributed by atoms with van der Waals surface area (Å²) in [5.41, 5.74) is -2.11. The highest BCUT2D eigenvalue weighted by atomic mass is 19.4. The number of benzene rings is 3. The van der Waals surface area contributed by atoms with Gasteiger partial charge in [-0.15, -0.1) is 6.42 Å². The summed E-state index contributed by atoms with van der Waals surface area (Å²) < 4.78 is 79.5. The lowest BCUT2D eigenvalue weighted by Crippen LogP contribution is -2.51. The number of hydrogen-bond donors (Lipinski definition) is 2. The number of aromatic hydroxyl groups is 1. The maximum Gasteiger partial charge on any atom is 0.417 e. The van der Waals surface area contributed by atoms with E-state index in [2.05, 4.69) is 26.0 Å². The van der Waals surface area contributed by atoms with Crippen LogP contribution >= 0.6 is 0 Å². The van der Waals surface area contributed by atoms with Gasteiger partial charge in [0.2, 0.25) is 0 Å². The minimum absolute atomic E-state index is 0.00160. The maximum atomic E-state index is 16.9. The van der Waals surface area contributed by atoms with Gasteiger partial charge in [0, 0.05) is 60.0 Å². The zero-order valence-electron chi connectivity index (χ0n) is 25.4. The summed E-state index contributed by atoms with van der Waals surface area (Å²) >= 11 is 0. The second-order valence-corrected chi connectivity index (χ2v) is 13.3. The van der Waals surface area contributed by atoms with E-state index in [1.165, 1.54) is 24.3 Å². The number of anilines is 1. The molecule has 4 atom stereocenters. The molecule has 5 heterocycles. The molecule has 0 amide bonds. The third kappa shape index (κ3) is 5.02. The summed E-state index contributed by atoms with van der Waals surface area (Å²) in [4.78, 5) is 13.5. The Labute approximate surface area is 267 Å². The van der Waals surface area contributed by atoms with Crippen molar-refractivity contribution < 1.29 is 31.8 Å². The van der Waals surface area contributed by atoms with E-state index >= 15 is 4.39 Å². The molecule has 4 aliphatic rings. The summed E-state index contributed by atoms with van der Waals surface area (Å²) in [6, 6.07) is 8.14. The predicted octanol–water partition coefficient (Wildman–Crippen LogP) is 6.19. The molecule has 12 heteroatoms. The van der Waals surface area contributed by atoms with Crippen molar-refractivity contribution >= 4 is 27.5 Å². The number of terminal acetylenes is 1. The first-order chi connectivity index (χ1) is 22.5. The number of alkyl halides is 4. The van der Waals surface area contributed by atoms with Gasteiger partial charge in [-0.05, 0) is 67.4 Å². The first-order valence-electron chi connectivity index (χ1n) is 15.9. The summed E-state index contributed by atoms with van der Waals surface area (Å²) in [5, 5.41) is 14.8. The number of ether oxygens (including phenoxy) is 1. The minimum atomic E-state index is -4.75. The molecule has 3 aromatic carbocycles. The Bertz CT molecular complexity index is 1950. The molecule has 4 aliphatic heterocycles. The van der Waals surface area contributed by atoms with Crippen LogP contribution in [-0.4, -0.2) is 76.6 Å². The number of phenolic OH excluding ortho intramolecular Hbond substituents is 1. The molecule has 2 unspecified atom stereocenters. The number of piperazine rings is 1. The van der Waals surface area contributed by atoms with Crippen LogP contribution in [0.5, 0.6) is 11.8 Å². The largest absolute Gasteiger partial charge is 0.508 e. The van der Waals surface area contributed by atoms with Crippen LogP contribution in [0, 0.1) is 18.2 Å². The van der Waals surface area contributed by atoms with E-state index in [1.807, 2.05) is 0 Å². The average molecular weight is 650 g/mol. The Hall–Kier alpha value is -4.21. The van der Waals surface area contributed by atoms with E-state index < -0.39 is 34.8 Å². The van der Waals surface area contributed by atoms with Gasteiger partial charge >= 0.3 is 12.2 Å². The van der Waals surface area contributed by atoms with Crippen LogP contribution in [0.25, 0.3) is 32.8 Å². The molecule has 4 fully saturated rings. The number of rotatable bonds is 5. The van der Waals surface area contributed by atoms with Crippen molar-refractivity contribution in [3.05, 3.63) is 53.3 Å². The third-order valence-corrected chi connectivity index (χ3v) is 10.4. The third-order valence-electron chi connectivity index (χ3n) is 10.4. The molecular formula is C35H32F5N5O2. The number of phenols is 1. The lowest BCUT2D eigenvalue weighted by molar-refractivity contribution is -0.137. The minimum Gasteiger partial charge on any atom is -0.508 e. The van der Waals surface area contributed by atoms with Crippen molar-refractivity contribution in [2.45, 2.75) is 62.1 Å². The van der Waals surface area contributed by atoms with E-state index in [9.17, 15) is 22.7 Å². The molecule has 2 bridgehead atoms. The van der Waals surface area contributed by atoms with E-state index in [0.717, 1.165) is 38.3 Å². The summed E-state index contributed by atoms with van der Waals surface area (Å²) in [5.74, 6) is 1.58. The molecule has 0 aliphatic carbocycles. The van der Waals surface area contributed by atoms with Crippen molar-refractivity contribution in [3.63, 3.8) is 0 Å². The molecule has 2 N–H and O–H groups in total. The predicted molar refractivity (Wildman–Crippen MR) is 168 cm³/mol. The van der Waals surface area contributed by atoms with Gasteiger partial charge in [0.15, 0.2) is 5.82 Å². The molecule has 4 aromatic rings. The van der Waals surface area contributed by atoms with Crippen molar-refractivity contribution in [1.82, 2.24) is 20.2 Å². The molecule has 0 radical (unpaired) electrons. The fourth-order valence-electron chi connectivity index (χ4n) is 8.31. The van der Waals surface area contributed by atoms with Gasteiger partial charge in [-0.2, -0.15) is 23.1 Å². The fourth-order valence-corrected chi connectivity index (χ4v) is 8.31. The molecule has 1 aromatic heterocycles. The van der Waals surface area contributed by atoms with Gasteiger partial charge in [0.1, 0.15) is 29.9 Å². The van der Waals surface area contributed by atoms with Crippen molar-refractivity contribution in [2.24, 2.45) is 0 Å². The Balaban J connectivity index is 1.29. The van der Waals surface area contributed by atoms with Gasteiger partial charge in [-0.3, -0.25) is 4.90 Å². The van der Waals surface area contributed by atoms with Gasteiger partial charge in [-0.25, -0.2) is 8.78 Å². The Morgan fingerprint density at radius 3 is 2.60 bits per heavy atom. The fraction of sp³-hybridized carbons (Fsp3) is 0.429. The molecular weight excluding hydrogens is 617 g/mol. The molecule has 0 spiro atoms. The maximum absolute atomic E-state index is 16.9. The number of halogens is 5. The Kier molecular flexibility index (Phi) is 7.00. The SMILES string of the molecule is C#Cc1c(C(F)(F)F)ccc2cc(O)cc(-c3ccc4c(N5CC6CCC(C5)N6)nc(OC[C@@]56CCCN5C[C@H](F)C6)nc4c3F)c12. The van der Waals surface area contributed by atoms with E-state index in [0.29, 0.717) is 37.3 Å². The number of hydrogen-bond acceptors (Lipinski definition) is 7. The zero-order chi connectivity index (χ0) is 32.7. The van der Waals surface area contributed by atoms with Gasteiger partial charge in [0.25, 0.3) is 0 Å². The molecule has 8 rings (SSSR count). The quantitative estimate of drug-likeness (QED) is 0.197. The van der Waals surface area contributed by atoms with Crippen molar-refractivity contribution in [1.29, 1.82) is 0 Å². The van der Waals surface area contributed by atoms with Crippen molar-refractivity contribution in [3.8, 4) is 35.2 Å². The van der Waals surface area contributed by atoms with E-state index in [-0.39, 0.29) is 57.9 Å². The average Bonchev–Trinajstić information content (AvgIpc) is 3.68. The van der Waals surface area contributed by atoms with E-state index in [4.69, 9.17) is 16.1 Å². The smallest absolute Gasteiger partial charge is 0.417 e. The number of nitrogens with zero attached hydrogens (tertiary/aromatic N) is 4. The topological polar surface area (TPSA) is 73.8 Å². The number of nitrogens with one attached hydrogen (secondary N) is 1. The highest BCUT2D eigenvalue weighted by molar-refractivity contribution is 6.04. The van der Waals surface area contributed by atoms with E-state index in [1.54, 1.807) is 6.07 Å². The first-order valence-corrected chi connectivity index (χ1v) is 15.9. The molecule has 47 heavy (non-hydrogen) atoms. The molecule has 0 saturated carbocycles. The standard InChI is InChI=1S/C35H32F5N5O2/c1-2-24-28(35(38,39)40)9-4-19-12-23(46)13-27(29(19)24)25-7-8-26-31(30(25)37)42-33(43-32(26)44-16-21-5-6-22(17-44)41-21)47-18-34-10-3-11-45(34)15-20(36)14-34/h1,4,7-9,12-13,20-22,41,46H,3,5-6,10-11,14-18H2/t20-,21?,22?,34+/m1/s1. The first kappa shape index (κ1) is 30.1. The second kappa shape index (κ2) is 10.9. The monoisotopic (exact) mass is 649 g/mol. The lowest BCUT2D eigenvalue weighted by atomic mass is 9.90. The van der Waals surface area contributed by atoms with Crippen LogP contribution in [0.4, 0.5) is 27.8 Å². The van der Waals surface area contributed by atoms with Gasteiger partial charge < -0.3 is 20.1 Å². The second-order valence-electron chi connectivity index (χ2n) is 13.3. The zero-order valence-corrected chi connectivity index (χ0v) is 25.4. The van der Waals surface area contributed by atoms with Crippen LogP contribution in [0.15, 0.2) is 36.4 Å². The van der Waals surface area contributed by atoms with Crippen LogP contribution in [0.3, 0.4) is 0 Å². The summed E-state index contributed by atoms with van der Waals surface area (Å²) in [6.45, 7) is 2.58. The van der Waals surface area contributed by atoms with Crippen molar-refractivity contribution in [2.75, 3.05) is 37.7 Å². The molecule has 4 saturated heterocycles. The Morgan fingerprint density at radius 1 is 1.06 bits per heavy atom. The highest BCUT2D eigenvalue weighted by Crippen LogP contribution is 2.44. The molecule has 7 nitrogen and oxygen atoms in total. The number of fused-ring (bicyclic) bond motifs is 5. The van der Waals surface area contributed by atoms with Crippen LogP contribution < -0.4 is 15.0 Å². The summed E-state index contributed by atoms with van der Waals surface area (Å²) in [7, 11) is 0. The number of aromatic nitrogens is 2. The highest BCUT2D eigenvalue weighted by Gasteiger charge is 2.49. The van der Waals surface area contributed by atoms with Crippen LogP contribution in [0.2, 0.25) is 0 Å². The summed E-state index contributed by atoms with van der Waals surface area (Å²) in [6.07, 6.45) is 3.99. The van der Waals surface area contributed by atoms with Gasteiger partial charge in [0.05, 0.1) is 11.1 Å².